The number of aryl methyl sites for hydroxylation is 1. The van der Waals surface area contributed by atoms with Crippen molar-refractivity contribution in [3.63, 3.8) is 0 Å². The molecule has 1 aliphatic rings. The van der Waals surface area contributed by atoms with E-state index in [4.69, 9.17) is 36.1 Å². The Balaban J connectivity index is 0.00000450. The molecule has 30 heavy (non-hydrogen) atoms. The van der Waals surface area contributed by atoms with E-state index in [0.717, 1.165) is 11.3 Å². The monoisotopic (exact) mass is 462 g/mol. The highest BCUT2D eigenvalue weighted by atomic mass is 35.5. The SMILES string of the molecule is COC[C@@H](N)C(=O)N[C@@H](CCOc1ccc(Cl)cc1C)B1OC(C)(C)C(C)(C)O1.Cl. The Bertz CT molecular complexity index is 704. The molecule has 0 unspecified atom stereocenters. The zero-order chi connectivity index (χ0) is 21.8. The molecule has 1 aromatic carbocycles. The van der Waals surface area contributed by atoms with Crippen molar-refractivity contribution in [1.82, 2.24) is 5.32 Å². The first kappa shape index (κ1) is 27.0. The number of hydrogen-bond donors (Lipinski definition) is 2. The van der Waals surface area contributed by atoms with Crippen LogP contribution >= 0.6 is 24.0 Å². The van der Waals surface area contributed by atoms with Crippen molar-refractivity contribution >= 4 is 37.0 Å². The second-order valence-electron chi connectivity index (χ2n) is 8.35. The predicted molar refractivity (Wildman–Crippen MR) is 121 cm³/mol. The van der Waals surface area contributed by atoms with Gasteiger partial charge in [-0.3, -0.25) is 4.79 Å². The molecule has 1 fully saturated rings. The summed E-state index contributed by atoms with van der Waals surface area (Å²) in [4.78, 5) is 12.5. The third-order valence-electron chi connectivity index (χ3n) is 5.43. The van der Waals surface area contributed by atoms with Gasteiger partial charge in [0.2, 0.25) is 5.91 Å². The maximum absolute atomic E-state index is 12.5. The summed E-state index contributed by atoms with van der Waals surface area (Å²) < 4.78 is 23.1. The number of carbonyl (C=O) groups excluding carboxylic acids is 1. The molecule has 1 heterocycles. The number of amides is 1. The van der Waals surface area contributed by atoms with Gasteiger partial charge < -0.3 is 29.8 Å². The predicted octanol–water partition coefficient (Wildman–Crippen LogP) is 2.93. The number of nitrogens with two attached hydrogens (primary N) is 1. The van der Waals surface area contributed by atoms with Crippen molar-refractivity contribution < 1.29 is 23.6 Å². The second-order valence-corrected chi connectivity index (χ2v) is 8.79. The minimum Gasteiger partial charge on any atom is -0.493 e. The summed E-state index contributed by atoms with van der Waals surface area (Å²) in [5.41, 5.74) is 5.79. The molecule has 2 atom stereocenters. The smallest absolute Gasteiger partial charge is 0.481 e. The molecule has 7 nitrogen and oxygen atoms in total. The van der Waals surface area contributed by atoms with E-state index >= 15 is 0 Å². The number of halogens is 2. The van der Waals surface area contributed by atoms with Crippen LogP contribution in [0.5, 0.6) is 5.75 Å². The van der Waals surface area contributed by atoms with Crippen LogP contribution in [0.3, 0.4) is 0 Å². The highest BCUT2D eigenvalue weighted by Gasteiger charge is 2.54. The number of methoxy groups -OCH3 is 1. The minimum atomic E-state index is -0.774. The number of hydrogen-bond acceptors (Lipinski definition) is 6. The first-order valence-electron chi connectivity index (χ1n) is 9.76. The van der Waals surface area contributed by atoms with Gasteiger partial charge in [0.25, 0.3) is 0 Å². The maximum Gasteiger partial charge on any atom is 0.481 e. The summed E-state index contributed by atoms with van der Waals surface area (Å²) in [5, 5.41) is 3.59. The maximum atomic E-state index is 12.5. The molecule has 0 aliphatic carbocycles. The molecule has 1 amide bonds. The zero-order valence-corrected chi connectivity index (χ0v) is 20.1. The van der Waals surface area contributed by atoms with Gasteiger partial charge in [0.1, 0.15) is 11.8 Å². The Kier molecular flexibility index (Phi) is 9.92. The van der Waals surface area contributed by atoms with E-state index in [1.807, 2.05) is 46.8 Å². The molecule has 0 radical (unpaired) electrons. The van der Waals surface area contributed by atoms with E-state index in [-0.39, 0.29) is 24.9 Å². The van der Waals surface area contributed by atoms with E-state index in [9.17, 15) is 4.79 Å². The average molecular weight is 463 g/mol. The lowest BCUT2D eigenvalue weighted by Gasteiger charge is -2.32. The minimum absolute atomic E-state index is 0. The van der Waals surface area contributed by atoms with Crippen molar-refractivity contribution in [2.45, 2.75) is 64.2 Å². The lowest BCUT2D eigenvalue weighted by Crippen LogP contribution is -2.54. The Morgan fingerprint density at radius 3 is 2.40 bits per heavy atom. The van der Waals surface area contributed by atoms with Crippen molar-refractivity contribution in [3.8, 4) is 5.75 Å². The van der Waals surface area contributed by atoms with Crippen LogP contribution in [-0.2, 0) is 18.8 Å². The molecule has 0 spiro atoms. The lowest BCUT2D eigenvalue weighted by molar-refractivity contribution is -0.123. The van der Waals surface area contributed by atoms with Crippen LogP contribution in [0.4, 0.5) is 0 Å². The first-order valence-corrected chi connectivity index (χ1v) is 10.1. The van der Waals surface area contributed by atoms with Crippen molar-refractivity contribution in [1.29, 1.82) is 0 Å². The number of nitrogens with one attached hydrogen (secondary N) is 1. The van der Waals surface area contributed by atoms with Gasteiger partial charge in [-0.1, -0.05) is 11.6 Å². The summed E-state index contributed by atoms with van der Waals surface area (Å²) in [6, 6.07) is 4.67. The van der Waals surface area contributed by atoms with Crippen molar-refractivity contribution in [3.05, 3.63) is 28.8 Å². The highest BCUT2D eigenvalue weighted by Crippen LogP contribution is 2.38. The number of rotatable bonds is 9. The molecule has 170 valence electrons. The van der Waals surface area contributed by atoms with Crippen LogP contribution < -0.4 is 15.8 Å². The van der Waals surface area contributed by atoms with Crippen LogP contribution in [0, 0.1) is 6.92 Å². The van der Waals surface area contributed by atoms with Crippen LogP contribution in [0.1, 0.15) is 39.7 Å². The summed E-state index contributed by atoms with van der Waals surface area (Å²) >= 11 is 6.00. The zero-order valence-electron chi connectivity index (χ0n) is 18.5. The summed E-state index contributed by atoms with van der Waals surface area (Å²) in [5.74, 6) is -0.0159. The fourth-order valence-corrected chi connectivity index (χ4v) is 3.17. The lowest BCUT2D eigenvalue weighted by atomic mass is 9.76. The average Bonchev–Trinajstić information content (AvgIpc) is 2.83. The second kappa shape index (κ2) is 11.0. The summed E-state index contributed by atoms with van der Waals surface area (Å²) in [6.45, 7) is 10.3. The fraction of sp³-hybridized carbons (Fsp3) is 0.650. The molecule has 1 aliphatic heterocycles. The number of benzene rings is 1. The van der Waals surface area contributed by atoms with Gasteiger partial charge in [-0.25, -0.2) is 0 Å². The number of ether oxygens (including phenoxy) is 2. The molecular formula is C20H33BCl2N2O5. The Morgan fingerprint density at radius 2 is 1.87 bits per heavy atom. The van der Waals surface area contributed by atoms with E-state index in [0.29, 0.717) is 18.1 Å². The standard InChI is InChI=1S/C20H32BClN2O5.ClH/c1-13-11-14(22)7-8-16(13)27-10-9-17(24-18(25)15(23)12-26-6)21-28-19(2,3)20(4,5)29-21;/h7-8,11,15,17H,9-10,12,23H2,1-6H3,(H,24,25);1H/t15-,17+;/m1./s1. The van der Waals surface area contributed by atoms with Crippen LogP contribution in [0.25, 0.3) is 0 Å². The van der Waals surface area contributed by atoms with E-state index in [1.54, 1.807) is 6.07 Å². The van der Waals surface area contributed by atoms with Crippen molar-refractivity contribution in [2.24, 2.45) is 5.73 Å². The van der Waals surface area contributed by atoms with E-state index in [2.05, 4.69) is 5.32 Å². The molecule has 10 heteroatoms. The molecule has 0 saturated carbocycles. The summed E-state index contributed by atoms with van der Waals surface area (Å²) in [6.07, 6.45) is 0.477. The largest absolute Gasteiger partial charge is 0.493 e. The van der Waals surface area contributed by atoms with Gasteiger partial charge in [0.15, 0.2) is 0 Å². The summed E-state index contributed by atoms with van der Waals surface area (Å²) in [7, 11) is 0.884. The highest BCUT2D eigenvalue weighted by molar-refractivity contribution is 6.48. The molecule has 3 N–H and O–H groups in total. The van der Waals surface area contributed by atoms with Crippen molar-refractivity contribution in [2.75, 3.05) is 20.3 Å². The first-order chi connectivity index (χ1) is 13.5. The normalized spacial score (nSPS) is 19.0. The van der Waals surface area contributed by atoms with Gasteiger partial charge >= 0.3 is 7.12 Å². The van der Waals surface area contributed by atoms with Gasteiger partial charge in [0, 0.05) is 18.6 Å². The molecule has 0 bridgehead atoms. The molecule has 1 saturated heterocycles. The van der Waals surface area contributed by atoms with Gasteiger partial charge in [-0.15, -0.1) is 12.4 Å². The molecule has 2 rings (SSSR count). The third-order valence-corrected chi connectivity index (χ3v) is 5.67. The van der Waals surface area contributed by atoms with Crippen LogP contribution in [0.2, 0.25) is 5.02 Å². The number of carbonyl (C=O) groups is 1. The van der Waals surface area contributed by atoms with Gasteiger partial charge in [-0.2, -0.15) is 0 Å². The Hall–Kier alpha value is -1.03. The van der Waals surface area contributed by atoms with Crippen LogP contribution in [0.15, 0.2) is 18.2 Å². The fourth-order valence-electron chi connectivity index (χ4n) is 2.94. The molecule has 1 aromatic rings. The van der Waals surface area contributed by atoms with Crippen LogP contribution in [-0.4, -0.2) is 56.5 Å². The van der Waals surface area contributed by atoms with E-state index in [1.165, 1.54) is 7.11 Å². The van der Waals surface area contributed by atoms with E-state index < -0.39 is 30.3 Å². The quantitative estimate of drug-likeness (QED) is 0.548. The van der Waals surface area contributed by atoms with Gasteiger partial charge in [-0.05, 0) is 58.4 Å². The Morgan fingerprint density at radius 1 is 1.27 bits per heavy atom. The van der Waals surface area contributed by atoms with Gasteiger partial charge in [0.05, 0.1) is 30.4 Å². The molecular weight excluding hydrogens is 430 g/mol. The third kappa shape index (κ3) is 6.74. The topological polar surface area (TPSA) is 92.0 Å². The Labute approximate surface area is 190 Å². The molecule has 0 aromatic heterocycles.